The predicted molar refractivity (Wildman–Crippen MR) is 168 cm³/mol. The van der Waals surface area contributed by atoms with E-state index in [2.05, 4.69) is 86.6 Å². The lowest BCUT2D eigenvalue weighted by Crippen LogP contribution is -2.50. The first-order valence-corrected chi connectivity index (χ1v) is 15.2. The first-order valence-electron chi connectivity index (χ1n) is 15.2. The number of aryl methyl sites for hydroxylation is 1. The quantitative estimate of drug-likeness (QED) is 0.263. The molecule has 4 aromatic carbocycles. The SMILES string of the molecule is Cc1ccc(Cc2ccc(C(C)c3ccc(Cc4ccc(N5C(=O)C6C7C(=O)N(C)C(=O)C7C6C5=O)cc4)cc3)cc2)cc1. The van der Waals surface area contributed by atoms with Crippen LogP contribution >= 0.6 is 0 Å². The summed E-state index contributed by atoms with van der Waals surface area (Å²) in [4.78, 5) is 53.5. The van der Waals surface area contributed by atoms with Crippen LogP contribution in [0.4, 0.5) is 5.69 Å². The van der Waals surface area contributed by atoms with Crippen molar-refractivity contribution in [3.05, 3.63) is 136 Å². The standard InChI is InChI=1S/C38H34N2O4/c1-22-4-6-24(7-5-22)20-25-8-14-28(15-9-25)23(2)29-16-10-26(11-17-29)21-27-12-18-30(19-13-27)40-37(43)33-31-32(34(33)38(40)44)36(42)39(3)35(31)41/h4-19,23,31-34H,20-21H2,1-3H3. The molecule has 7 rings (SSSR count). The number of anilines is 1. The van der Waals surface area contributed by atoms with Crippen LogP contribution in [0.15, 0.2) is 97.1 Å². The number of nitrogens with zero attached hydrogens (tertiary/aromatic N) is 2. The van der Waals surface area contributed by atoms with Crippen molar-refractivity contribution in [1.82, 2.24) is 4.90 Å². The fourth-order valence-electron chi connectivity index (χ4n) is 7.17. The van der Waals surface area contributed by atoms with E-state index >= 15 is 0 Å². The van der Waals surface area contributed by atoms with Crippen LogP contribution in [0.5, 0.6) is 0 Å². The molecule has 0 bridgehead atoms. The van der Waals surface area contributed by atoms with Gasteiger partial charge in [0.05, 0.1) is 29.4 Å². The van der Waals surface area contributed by atoms with Crippen molar-refractivity contribution in [2.45, 2.75) is 32.6 Å². The zero-order chi connectivity index (χ0) is 30.7. The Hall–Kier alpha value is -4.84. The number of carbonyl (C=O) groups is 4. The maximum Gasteiger partial charge on any atom is 0.238 e. The molecule has 3 aliphatic rings. The molecule has 0 N–H and O–H groups in total. The highest BCUT2D eigenvalue weighted by atomic mass is 16.2. The molecule has 220 valence electrons. The van der Waals surface area contributed by atoms with E-state index in [1.807, 2.05) is 12.1 Å². The highest BCUT2D eigenvalue weighted by Crippen LogP contribution is 2.56. The molecule has 5 unspecified atom stereocenters. The van der Waals surface area contributed by atoms with Crippen LogP contribution in [-0.4, -0.2) is 35.6 Å². The molecule has 0 aromatic heterocycles. The second-order valence-corrected chi connectivity index (χ2v) is 12.6. The van der Waals surface area contributed by atoms with E-state index in [1.54, 1.807) is 12.1 Å². The Labute approximate surface area is 257 Å². The van der Waals surface area contributed by atoms with Crippen molar-refractivity contribution in [3.63, 3.8) is 0 Å². The van der Waals surface area contributed by atoms with E-state index in [-0.39, 0.29) is 29.5 Å². The minimum absolute atomic E-state index is 0.271. The number of amides is 4. The summed E-state index contributed by atoms with van der Waals surface area (Å²) in [6.07, 6.45) is 1.65. The second-order valence-electron chi connectivity index (χ2n) is 12.6. The zero-order valence-electron chi connectivity index (χ0n) is 25.1. The van der Waals surface area contributed by atoms with Crippen molar-refractivity contribution in [2.24, 2.45) is 23.7 Å². The summed E-state index contributed by atoms with van der Waals surface area (Å²) in [7, 11) is 1.42. The van der Waals surface area contributed by atoms with E-state index < -0.39 is 23.7 Å². The second kappa shape index (κ2) is 10.7. The number of hydrogen-bond acceptors (Lipinski definition) is 4. The van der Waals surface area contributed by atoms with Crippen LogP contribution in [0.25, 0.3) is 0 Å². The maximum atomic E-state index is 13.2. The van der Waals surface area contributed by atoms with E-state index in [9.17, 15) is 19.2 Å². The number of rotatable bonds is 7. The van der Waals surface area contributed by atoms with Gasteiger partial charge < -0.3 is 0 Å². The molecule has 2 heterocycles. The Morgan fingerprint density at radius 1 is 0.523 bits per heavy atom. The van der Waals surface area contributed by atoms with Gasteiger partial charge in [0, 0.05) is 13.0 Å². The van der Waals surface area contributed by atoms with Gasteiger partial charge in [-0.25, -0.2) is 0 Å². The molecule has 6 nitrogen and oxygen atoms in total. The fraction of sp³-hybridized carbons (Fsp3) is 0.263. The van der Waals surface area contributed by atoms with Crippen LogP contribution in [0.3, 0.4) is 0 Å². The molecular weight excluding hydrogens is 548 g/mol. The molecule has 3 fully saturated rings. The van der Waals surface area contributed by atoms with Crippen LogP contribution in [0.2, 0.25) is 0 Å². The van der Waals surface area contributed by atoms with Gasteiger partial charge in [-0.05, 0) is 65.3 Å². The monoisotopic (exact) mass is 582 g/mol. The Kier molecular flexibility index (Phi) is 6.80. The molecule has 4 amide bonds. The van der Waals surface area contributed by atoms with Gasteiger partial charge in [-0.15, -0.1) is 0 Å². The van der Waals surface area contributed by atoms with Gasteiger partial charge in [-0.2, -0.15) is 0 Å². The average Bonchev–Trinajstić information content (AvgIpc) is 3.33. The summed E-state index contributed by atoms with van der Waals surface area (Å²) in [6.45, 7) is 4.34. The third kappa shape index (κ3) is 4.57. The Bertz CT molecular complexity index is 1740. The topological polar surface area (TPSA) is 74.8 Å². The van der Waals surface area contributed by atoms with Crippen LogP contribution in [0, 0.1) is 30.6 Å². The smallest absolute Gasteiger partial charge is 0.238 e. The van der Waals surface area contributed by atoms with Gasteiger partial charge in [0.1, 0.15) is 0 Å². The maximum absolute atomic E-state index is 13.2. The molecule has 44 heavy (non-hydrogen) atoms. The summed E-state index contributed by atoms with van der Waals surface area (Å²) < 4.78 is 0. The summed E-state index contributed by atoms with van der Waals surface area (Å²) in [5.41, 5.74) is 9.14. The normalized spacial score (nSPS) is 23.1. The molecule has 1 saturated carbocycles. The predicted octanol–water partition coefficient (Wildman–Crippen LogP) is 5.68. The summed E-state index contributed by atoms with van der Waals surface area (Å²) >= 11 is 0. The zero-order valence-corrected chi connectivity index (χ0v) is 25.1. The Balaban J connectivity index is 0.984. The van der Waals surface area contributed by atoms with Crippen molar-refractivity contribution in [2.75, 3.05) is 11.9 Å². The minimum Gasteiger partial charge on any atom is -0.285 e. The van der Waals surface area contributed by atoms with Gasteiger partial charge >= 0.3 is 0 Å². The average molecular weight is 583 g/mol. The molecule has 1 aliphatic carbocycles. The summed E-state index contributed by atoms with van der Waals surface area (Å²) in [6, 6.07) is 33.7. The van der Waals surface area contributed by atoms with Gasteiger partial charge in [0.25, 0.3) is 0 Å². The summed E-state index contributed by atoms with van der Waals surface area (Å²) in [5, 5.41) is 0. The molecule has 2 saturated heterocycles. The van der Waals surface area contributed by atoms with Crippen LogP contribution in [-0.2, 0) is 32.0 Å². The molecule has 0 radical (unpaired) electrons. The largest absolute Gasteiger partial charge is 0.285 e. The molecule has 0 spiro atoms. The van der Waals surface area contributed by atoms with Crippen molar-refractivity contribution in [1.29, 1.82) is 0 Å². The van der Waals surface area contributed by atoms with Gasteiger partial charge in [-0.3, -0.25) is 29.0 Å². The van der Waals surface area contributed by atoms with E-state index in [0.29, 0.717) is 5.69 Å². The molecular formula is C38H34N2O4. The highest BCUT2D eigenvalue weighted by molar-refractivity contribution is 6.27. The van der Waals surface area contributed by atoms with Crippen molar-refractivity contribution < 1.29 is 19.2 Å². The third-order valence-electron chi connectivity index (χ3n) is 9.88. The lowest BCUT2D eigenvalue weighted by molar-refractivity contribution is -0.146. The first-order chi connectivity index (χ1) is 21.2. The Morgan fingerprint density at radius 3 is 1.27 bits per heavy atom. The molecule has 2 aliphatic heterocycles. The summed E-state index contributed by atoms with van der Waals surface area (Å²) in [5.74, 6) is -4.06. The number of imide groups is 2. The van der Waals surface area contributed by atoms with Gasteiger partial charge in [0.2, 0.25) is 23.6 Å². The van der Waals surface area contributed by atoms with Gasteiger partial charge in [0.15, 0.2) is 0 Å². The molecule has 4 aromatic rings. The fourth-order valence-corrected chi connectivity index (χ4v) is 7.17. The van der Waals surface area contributed by atoms with Crippen LogP contribution in [0.1, 0.15) is 51.8 Å². The lowest BCUT2D eigenvalue weighted by atomic mass is 9.59. The number of carbonyl (C=O) groups excluding carboxylic acids is 4. The van der Waals surface area contributed by atoms with E-state index in [0.717, 1.165) is 23.3 Å². The number of benzene rings is 4. The number of fused-ring (bicyclic) bond motifs is 4. The Morgan fingerprint density at radius 2 is 0.864 bits per heavy atom. The molecule has 5 atom stereocenters. The minimum atomic E-state index is -0.730. The number of likely N-dealkylation sites (tertiary alicyclic amines) is 1. The number of hydrogen-bond donors (Lipinski definition) is 0. The van der Waals surface area contributed by atoms with Gasteiger partial charge in [-0.1, -0.05) is 97.4 Å². The first kappa shape index (κ1) is 28.0. The van der Waals surface area contributed by atoms with Crippen molar-refractivity contribution >= 4 is 29.3 Å². The lowest BCUT2D eigenvalue weighted by Gasteiger charge is -2.36. The van der Waals surface area contributed by atoms with Crippen molar-refractivity contribution in [3.8, 4) is 0 Å². The molecule has 6 heteroatoms. The third-order valence-corrected chi connectivity index (χ3v) is 9.88. The highest BCUT2D eigenvalue weighted by Gasteiger charge is 2.73. The van der Waals surface area contributed by atoms with E-state index in [1.165, 1.54) is 45.3 Å². The van der Waals surface area contributed by atoms with Crippen LogP contribution < -0.4 is 4.90 Å². The van der Waals surface area contributed by atoms with E-state index in [4.69, 9.17) is 0 Å².